The third-order valence-electron chi connectivity index (χ3n) is 1.60. The normalized spacial score (nSPS) is 8.16. The average molecular weight is 444 g/mol. The predicted octanol–water partition coefficient (Wildman–Crippen LogP) is -8.20. The minimum absolute atomic E-state index is 0. The molecule has 0 aliphatic rings. The van der Waals surface area contributed by atoms with Crippen molar-refractivity contribution in [2.75, 3.05) is 0 Å². The van der Waals surface area contributed by atoms with Crippen molar-refractivity contribution in [1.29, 1.82) is 0 Å². The number of aliphatic carboxylic acids is 6. The van der Waals surface area contributed by atoms with Crippen molar-refractivity contribution in [3.8, 4) is 0 Å². The van der Waals surface area contributed by atoms with E-state index >= 15 is 0 Å². The van der Waals surface area contributed by atoms with Crippen molar-refractivity contribution in [2.45, 2.75) is 38.5 Å². The summed E-state index contributed by atoms with van der Waals surface area (Å²) in [5, 5.41) is 57.0. The summed E-state index contributed by atoms with van der Waals surface area (Å²) in [6.45, 7) is 0. The van der Waals surface area contributed by atoms with E-state index in [9.17, 15) is 59.4 Å². The Morgan fingerprint density at radius 1 is 0.360 bits per heavy atom. The number of hydrogen-bond donors (Lipinski definition) is 0. The molecule has 0 saturated carbocycles. The molecular weight excluding hydrogens is 432 g/mol. The third-order valence-corrected chi connectivity index (χ3v) is 1.60. The van der Waals surface area contributed by atoms with Gasteiger partial charge in [-0.1, -0.05) is 0 Å². The van der Waals surface area contributed by atoms with Gasteiger partial charge in [-0.05, 0) is 38.5 Å². The van der Waals surface area contributed by atoms with Crippen molar-refractivity contribution >= 4 is 35.8 Å². The Bertz CT molecular complexity index is 350. The van der Waals surface area contributed by atoms with Gasteiger partial charge in [-0.3, -0.25) is 0 Å². The van der Waals surface area contributed by atoms with Gasteiger partial charge in [0.25, 0.3) is 0 Å². The van der Waals surface area contributed by atoms with Crippen LogP contribution in [0.3, 0.4) is 0 Å². The first kappa shape index (κ1) is 30.4. The number of carboxylic acids is 6. The second kappa shape index (κ2) is 19.6. The first-order valence-electron chi connectivity index (χ1n) is 6.07. The van der Waals surface area contributed by atoms with Crippen molar-refractivity contribution in [3.63, 3.8) is 0 Å². The van der Waals surface area contributed by atoms with E-state index in [4.69, 9.17) is 0 Å². The monoisotopic (exact) mass is 446 g/mol. The zero-order valence-electron chi connectivity index (χ0n) is 12.5. The molecule has 0 bridgehead atoms. The van der Waals surface area contributed by atoms with Crippen LogP contribution in [0, 0.1) is 0 Å². The molecule has 0 aliphatic carbocycles. The van der Waals surface area contributed by atoms with Crippen LogP contribution in [0.2, 0.25) is 0 Å². The van der Waals surface area contributed by atoms with Gasteiger partial charge in [0.15, 0.2) is 0 Å². The van der Waals surface area contributed by atoms with Crippen LogP contribution in [-0.2, 0) is 49.8 Å². The number of carbonyl (C=O) groups is 6. The van der Waals surface area contributed by atoms with Gasteiger partial charge in [0, 0.05) is 56.9 Å². The van der Waals surface area contributed by atoms with E-state index in [1.54, 1.807) is 0 Å². The molecule has 0 aromatic heterocycles. The number of hydrogen-bond acceptors (Lipinski definition) is 12. The number of carboxylic acid groups (broad SMARTS) is 6. The quantitative estimate of drug-likeness (QED) is 0.301. The Kier molecular flexibility index (Phi) is 23.8. The minimum Gasteiger partial charge on any atom is -0.550 e. The van der Waals surface area contributed by atoms with E-state index in [0.717, 1.165) is 0 Å². The number of carbonyl (C=O) groups excluding carboxylic acids is 6. The van der Waals surface area contributed by atoms with Crippen LogP contribution in [-0.4, -0.2) is 35.8 Å². The topological polar surface area (TPSA) is 241 Å². The van der Waals surface area contributed by atoms with Crippen molar-refractivity contribution in [3.05, 3.63) is 0 Å². The van der Waals surface area contributed by atoms with Crippen molar-refractivity contribution < 1.29 is 80.5 Å². The molecule has 0 rings (SSSR count). The first-order valence-corrected chi connectivity index (χ1v) is 6.07. The maximum Gasteiger partial charge on any atom is 0.0418 e. The summed E-state index contributed by atoms with van der Waals surface area (Å²) >= 11 is 0. The zero-order chi connectivity index (χ0) is 19.7. The van der Waals surface area contributed by atoms with Crippen LogP contribution in [0.4, 0.5) is 0 Å². The molecular formula is C12H12MoO12-6. The second-order valence-electron chi connectivity index (χ2n) is 3.73. The number of rotatable bonds is 9. The predicted molar refractivity (Wildman–Crippen MR) is 57.7 cm³/mol. The van der Waals surface area contributed by atoms with Gasteiger partial charge in [-0.25, -0.2) is 0 Å². The van der Waals surface area contributed by atoms with Gasteiger partial charge in [-0.15, -0.1) is 0 Å². The molecule has 144 valence electrons. The van der Waals surface area contributed by atoms with Gasteiger partial charge in [-0.2, -0.15) is 0 Å². The summed E-state index contributed by atoms with van der Waals surface area (Å²) in [6, 6.07) is 0. The summed E-state index contributed by atoms with van der Waals surface area (Å²) < 4.78 is 0. The summed E-state index contributed by atoms with van der Waals surface area (Å²) in [4.78, 5) is 57.0. The van der Waals surface area contributed by atoms with E-state index in [0.29, 0.717) is 0 Å². The molecule has 25 heavy (non-hydrogen) atoms. The molecule has 0 aliphatic heterocycles. The average Bonchev–Trinajstić information content (AvgIpc) is 2.42. The van der Waals surface area contributed by atoms with E-state index in [1.807, 2.05) is 0 Å². The van der Waals surface area contributed by atoms with Gasteiger partial charge in [0.05, 0.1) is 0 Å². The molecule has 0 radical (unpaired) electrons. The molecule has 0 amide bonds. The van der Waals surface area contributed by atoms with E-state index in [2.05, 4.69) is 0 Å². The van der Waals surface area contributed by atoms with E-state index < -0.39 is 74.3 Å². The van der Waals surface area contributed by atoms with Crippen LogP contribution in [0.1, 0.15) is 38.5 Å². The van der Waals surface area contributed by atoms with Crippen LogP contribution in [0.25, 0.3) is 0 Å². The molecule has 0 N–H and O–H groups in total. The van der Waals surface area contributed by atoms with Gasteiger partial charge in [0.2, 0.25) is 0 Å². The molecule has 0 aromatic rings. The summed E-state index contributed by atoms with van der Waals surface area (Å²) in [5.41, 5.74) is 0. The molecule has 12 nitrogen and oxygen atoms in total. The molecule has 13 heteroatoms. The molecule has 0 atom stereocenters. The standard InChI is InChI=1S/3C4H6O4.Mo/c3*5-3(6)1-2-4(7)8;/h3*1-2H2,(H,5,6)(H,7,8);/p-6. The summed E-state index contributed by atoms with van der Waals surface area (Å²) in [7, 11) is 0. The van der Waals surface area contributed by atoms with Crippen LogP contribution in [0.5, 0.6) is 0 Å². The molecule has 0 spiro atoms. The van der Waals surface area contributed by atoms with Gasteiger partial charge < -0.3 is 59.4 Å². The van der Waals surface area contributed by atoms with Crippen LogP contribution < -0.4 is 30.6 Å². The molecule has 0 fully saturated rings. The summed E-state index contributed by atoms with van der Waals surface area (Å²) in [6.07, 6.45) is -2.82. The fourth-order valence-corrected chi connectivity index (χ4v) is 0.612. The largest absolute Gasteiger partial charge is 0.550 e. The Labute approximate surface area is 155 Å². The molecule has 0 unspecified atom stereocenters. The molecule has 0 saturated heterocycles. The van der Waals surface area contributed by atoms with E-state index in [1.165, 1.54) is 0 Å². The van der Waals surface area contributed by atoms with Crippen molar-refractivity contribution in [2.24, 2.45) is 0 Å². The fraction of sp³-hybridized carbons (Fsp3) is 0.500. The second-order valence-corrected chi connectivity index (χ2v) is 3.73. The molecule has 0 heterocycles. The Morgan fingerprint density at radius 3 is 0.480 bits per heavy atom. The Hall–Kier alpha value is -2.49. The third kappa shape index (κ3) is 52.3. The maximum absolute atomic E-state index is 9.50. The van der Waals surface area contributed by atoms with E-state index in [-0.39, 0.29) is 21.1 Å². The Morgan fingerprint density at radius 2 is 0.440 bits per heavy atom. The minimum atomic E-state index is -1.37. The van der Waals surface area contributed by atoms with Gasteiger partial charge >= 0.3 is 0 Å². The van der Waals surface area contributed by atoms with Gasteiger partial charge in [0.1, 0.15) is 0 Å². The maximum atomic E-state index is 9.50. The van der Waals surface area contributed by atoms with Crippen LogP contribution in [0.15, 0.2) is 0 Å². The smallest absolute Gasteiger partial charge is 0.0418 e. The summed E-state index contributed by atoms with van der Waals surface area (Å²) in [5.74, 6) is -8.20. The van der Waals surface area contributed by atoms with Crippen molar-refractivity contribution in [1.82, 2.24) is 0 Å². The fourth-order valence-electron chi connectivity index (χ4n) is 0.612. The SMILES string of the molecule is O=C([O-])CCC(=O)[O-].O=C([O-])CCC(=O)[O-].O=C([O-])CCC(=O)[O-].[Mo]. The zero-order valence-corrected chi connectivity index (χ0v) is 14.6. The first-order chi connectivity index (χ1) is 10.9. The molecule has 0 aromatic carbocycles. The van der Waals surface area contributed by atoms with Crippen LogP contribution >= 0.6 is 0 Å². The Balaban J connectivity index is -0.000000130.